The number of nitrogen functional groups attached to an aromatic ring is 1. The third-order valence-electron chi connectivity index (χ3n) is 2.00. The van der Waals surface area contributed by atoms with E-state index < -0.39 is 5.82 Å². The van der Waals surface area contributed by atoms with Gasteiger partial charge in [-0.15, -0.1) is 0 Å². The molecule has 2 aromatic rings. The Labute approximate surface area is 115 Å². The summed E-state index contributed by atoms with van der Waals surface area (Å²) in [6.07, 6.45) is 1.28. The third kappa shape index (κ3) is 2.69. The molecule has 0 atom stereocenters. The van der Waals surface area contributed by atoms with Crippen LogP contribution < -0.4 is 16.0 Å². The highest BCUT2D eigenvalue weighted by atomic mass is 79.9. The highest BCUT2D eigenvalue weighted by molar-refractivity contribution is 9.10. The van der Waals surface area contributed by atoms with Gasteiger partial charge < -0.3 is 10.2 Å². The van der Waals surface area contributed by atoms with Crippen molar-refractivity contribution in [3.63, 3.8) is 0 Å². The topological polar surface area (TPSA) is 73.1 Å². The molecule has 5 nitrogen and oxygen atoms in total. The van der Waals surface area contributed by atoms with E-state index in [2.05, 4.69) is 31.3 Å². The molecule has 0 aliphatic carbocycles. The lowest BCUT2D eigenvalue weighted by atomic mass is 10.3. The number of ether oxygens (including phenoxy) is 1. The molecular formula is C10H7BrClFN4O. The van der Waals surface area contributed by atoms with Gasteiger partial charge in [-0.25, -0.2) is 20.2 Å². The zero-order valence-electron chi connectivity index (χ0n) is 8.82. The number of nitrogens with one attached hydrogen (secondary N) is 1. The first-order chi connectivity index (χ1) is 8.61. The zero-order chi connectivity index (χ0) is 13.1. The molecule has 0 spiro atoms. The predicted molar refractivity (Wildman–Crippen MR) is 69.0 cm³/mol. The summed E-state index contributed by atoms with van der Waals surface area (Å²) in [5, 5.41) is -0.0325. The van der Waals surface area contributed by atoms with Gasteiger partial charge in [0.05, 0.1) is 5.02 Å². The van der Waals surface area contributed by atoms with E-state index in [1.807, 2.05) is 0 Å². The lowest BCUT2D eigenvalue weighted by Crippen LogP contribution is -2.09. The molecule has 8 heteroatoms. The average molecular weight is 334 g/mol. The van der Waals surface area contributed by atoms with Gasteiger partial charge in [0, 0.05) is 6.07 Å². The van der Waals surface area contributed by atoms with Crippen molar-refractivity contribution in [3.8, 4) is 11.6 Å². The maximum atomic E-state index is 13.0. The Morgan fingerprint density at radius 2 is 2.17 bits per heavy atom. The van der Waals surface area contributed by atoms with Crippen molar-refractivity contribution >= 4 is 33.3 Å². The number of nitrogens with zero attached hydrogens (tertiary/aromatic N) is 2. The second-order valence-electron chi connectivity index (χ2n) is 3.16. The van der Waals surface area contributed by atoms with Crippen LogP contribution in [0.1, 0.15) is 0 Å². The molecule has 0 radical (unpaired) electrons. The van der Waals surface area contributed by atoms with Crippen molar-refractivity contribution in [2.75, 3.05) is 5.43 Å². The normalized spacial score (nSPS) is 10.2. The first-order valence-corrected chi connectivity index (χ1v) is 5.89. The fourth-order valence-corrected chi connectivity index (χ4v) is 1.75. The SMILES string of the molecule is NNc1ncnc(Oc2ccc(F)c(Cl)c2)c1Br. The van der Waals surface area contributed by atoms with Gasteiger partial charge in [0.25, 0.3) is 0 Å². The molecule has 0 aliphatic rings. The predicted octanol–water partition coefficient (Wildman–Crippen LogP) is 3.11. The van der Waals surface area contributed by atoms with Gasteiger partial charge in [-0.3, -0.25) is 0 Å². The van der Waals surface area contributed by atoms with E-state index >= 15 is 0 Å². The Balaban J connectivity index is 2.31. The molecule has 0 saturated heterocycles. The van der Waals surface area contributed by atoms with E-state index in [1.54, 1.807) is 0 Å². The number of hydrazine groups is 1. The first kappa shape index (κ1) is 13.0. The minimum Gasteiger partial charge on any atom is -0.438 e. The molecule has 0 saturated carbocycles. The number of rotatable bonds is 3. The number of halogens is 3. The molecule has 3 N–H and O–H groups in total. The highest BCUT2D eigenvalue weighted by Crippen LogP contribution is 2.32. The van der Waals surface area contributed by atoms with Gasteiger partial charge in [-0.2, -0.15) is 0 Å². The number of anilines is 1. The summed E-state index contributed by atoms with van der Waals surface area (Å²) in [5.41, 5.74) is 2.38. The third-order valence-corrected chi connectivity index (χ3v) is 3.00. The smallest absolute Gasteiger partial charge is 0.238 e. The zero-order valence-corrected chi connectivity index (χ0v) is 11.2. The molecule has 0 bridgehead atoms. The maximum absolute atomic E-state index is 13.0. The second kappa shape index (κ2) is 5.47. The monoisotopic (exact) mass is 332 g/mol. The summed E-state index contributed by atoms with van der Waals surface area (Å²) in [6, 6.07) is 3.99. The maximum Gasteiger partial charge on any atom is 0.238 e. The van der Waals surface area contributed by atoms with Crippen molar-refractivity contribution in [1.82, 2.24) is 9.97 Å². The molecular weight excluding hydrogens is 326 g/mol. The van der Waals surface area contributed by atoms with Crippen LogP contribution in [0.15, 0.2) is 29.0 Å². The van der Waals surface area contributed by atoms with Gasteiger partial charge in [-0.1, -0.05) is 11.6 Å². The Morgan fingerprint density at radius 3 is 2.83 bits per heavy atom. The van der Waals surface area contributed by atoms with Crippen molar-refractivity contribution in [3.05, 3.63) is 39.8 Å². The number of hydrogen-bond acceptors (Lipinski definition) is 5. The van der Waals surface area contributed by atoms with Crippen LogP contribution in [0.2, 0.25) is 5.02 Å². The summed E-state index contributed by atoms with van der Waals surface area (Å²) >= 11 is 8.88. The number of nitrogens with two attached hydrogens (primary N) is 1. The van der Waals surface area contributed by atoms with Crippen LogP contribution in [0.25, 0.3) is 0 Å². The fraction of sp³-hybridized carbons (Fsp3) is 0. The Kier molecular flexibility index (Phi) is 3.95. The van der Waals surface area contributed by atoms with Gasteiger partial charge >= 0.3 is 0 Å². The highest BCUT2D eigenvalue weighted by Gasteiger charge is 2.11. The van der Waals surface area contributed by atoms with Crippen molar-refractivity contribution < 1.29 is 9.13 Å². The van der Waals surface area contributed by atoms with Crippen LogP contribution in [0, 0.1) is 5.82 Å². The van der Waals surface area contributed by atoms with Crippen LogP contribution in [-0.2, 0) is 0 Å². The quantitative estimate of drug-likeness (QED) is 0.667. The van der Waals surface area contributed by atoms with E-state index in [0.29, 0.717) is 16.0 Å². The Morgan fingerprint density at radius 1 is 1.39 bits per heavy atom. The van der Waals surface area contributed by atoms with Gasteiger partial charge in [-0.05, 0) is 28.1 Å². The van der Waals surface area contributed by atoms with Gasteiger partial charge in [0.1, 0.15) is 22.4 Å². The van der Waals surface area contributed by atoms with E-state index in [-0.39, 0.29) is 10.9 Å². The summed E-state index contributed by atoms with van der Waals surface area (Å²) in [6.45, 7) is 0. The van der Waals surface area contributed by atoms with Crippen molar-refractivity contribution in [2.45, 2.75) is 0 Å². The largest absolute Gasteiger partial charge is 0.438 e. The number of aromatic nitrogens is 2. The molecule has 1 heterocycles. The average Bonchev–Trinajstić information content (AvgIpc) is 2.36. The van der Waals surface area contributed by atoms with Gasteiger partial charge in [0.2, 0.25) is 5.88 Å². The van der Waals surface area contributed by atoms with Gasteiger partial charge in [0.15, 0.2) is 5.82 Å². The molecule has 94 valence electrons. The molecule has 0 amide bonds. The van der Waals surface area contributed by atoms with E-state index in [4.69, 9.17) is 22.2 Å². The first-order valence-electron chi connectivity index (χ1n) is 4.72. The van der Waals surface area contributed by atoms with Crippen LogP contribution >= 0.6 is 27.5 Å². The molecule has 2 rings (SSSR count). The summed E-state index contributed by atoms with van der Waals surface area (Å²) in [7, 11) is 0. The summed E-state index contributed by atoms with van der Waals surface area (Å²) in [4.78, 5) is 7.79. The molecule has 0 fully saturated rings. The molecule has 1 aromatic heterocycles. The van der Waals surface area contributed by atoms with Crippen LogP contribution in [0.5, 0.6) is 11.6 Å². The van der Waals surface area contributed by atoms with E-state index in [9.17, 15) is 4.39 Å². The Hall–Kier alpha value is -1.44. The van der Waals surface area contributed by atoms with Crippen LogP contribution in [0.3, 0.4) is 0 Å². The number of hydrogen-bond donors (Lipinski definition) is 2. The van der Waals surface area contributed by atoms with Crippen molar-refractivity contribution in [1.29, 1.82) is 0 Å². The van der Waals surface area contributed by atoms with E-state index in [0.717, 1.165) is 0 Å². The van der Waals surface area contributed by atoms with E-state index in [1.165, 1.54) is 24.5 Å². The fourth-order valence-electron chi connectivity index (χ4n) is 1.18. The summed E-state index contributed by atoms with van der Waals surface area (Å²) < 4.78 is 18.9. The minimum absolute atomic E-state index is 0.0325. The molecule has 0 unspecified atom stereocenters. The minimum atomic E-state index is -0.518. The van der Waals surface area contributed by atoms with Crippen molar-refractivity contribution in [2.24, 2.45) is 5.84 Å². The summed E-state index contributed by atoms with van der Waals surface area (Å²) in [5.74, 6) is 5.70. The Bertz CT molecular complexity index is 584. The van der Waals surface area contributed by atoms with Crippen LogP contribution in [-0.4, -0.2) is 9.97 Å². The lowest BCUT2D eigenvalue weighted by molar-refractivity contribution is 0.457. The molecule has 1 aromatic carbocycles. The molecule has 18 heavy (non-hydrogen) atoms. The lowest BCUT2D eigenvalue weighted by Gasteiger charge is -2.09. The standard InChI is InChI=1S/C10H7BrClFN4O/c11-8-9(17-14)15-4-16-10(8)18-5-1-2-7(13)6(12)3-5/h1-4H,14H2,(H,15,16,17). The molecule has 0 aliphatic heterocycles. The number of benzene rings is 1. The second-order valence-corrected chi connectivity index (χ2v) is 4.36. The van der Waals surface area contributed by atoms with Crippen LogP contribution in [0.4, 0.5) is 10.2 Å².